The van der Waals surface area contributed by atoms with Gasteiger partial charge in [-0.1, -0.05) is 36.6 Å². The maximum Gasteiger partial charge on any atom is 0.231 e. The van der Waals surface area contributed by atoms with Crippen molar-refractivity contribution < 1.29 is 4.79 Å². The summed E-state index contributed by atoms with van der Waals surface area (Å²) in [5, 5.41) is 11.0. The van der Waals surface area contributed by atoms with Crippen molar-refractivity contribution in [3.8, 4) is 11.4 Å². The van der Waals surface area contributed by atoms with E-state index in [0.717, 1.165) is 36.8 Å². The van der Waals surface area contributed by atoms with Gasteiger partial charge in [-0.2, -0.15) is 5.10 Å². The molecular formula is C21H22ClN5O. The topological polar surface area (TPSA) is 83.6 Å². The lowest BCUT2D eigenvalue weighted by Crippen LogP contribution is -2.43. The number of rotatable bonds is 5. The molecule has 0 aliphatic heterocycles. The predicted molar refractivity (Wildman–Crippen MR) is 108 cm³/mol. The molecule has 2 N–H and O–H groups in total. The highest BCUT2D eigenvalue weighted by molar-refractivity contribution is 6.30. The molecule has 2 aromatic heterocycles. The molecule has 0 saturated heterocycles. The zero-order valence-electron chi connectivity index (χ0n) is 15.7. The second kappa shape index (κ2) is 7.72. The number of aromatic nitrogens is 4. The van der Waals surface area contributed by atoms with Gasteiger partial charge in [-0.25, -0.2) is 4.98 Å². The molecular weight excluding hydrogens is 374 g/mol. The van der Waals surface area contributed by atoms with E-state index in [-0.39, 0.29) is 11.9 Å². The van der Waals surface area contributed by atoms with Crippen molar-refractivity contribution in [2.45, 2.75) is 44.1 Å². The van der Waals surface area contributed by atoms with E-state index in [0.29, 0.717) is 16.7 Å². The number of halogens is 1. The number of benzene rings is 1. The Morgan fingerprint density at radius 2 is 1.82 bits per heavy atom. The summed E-state index contributed by atoms with van der Waals surface area (Å²) in [5.41, 5.74) is 1.39. The summed E-state index contributed by atoms with van der Waals surface area (Å²) in [6.45, 7) is 1.92. The molecule has 1 saturated carbocycles. The van der Waals surface area contributed by atoms with Crippen molar-refractivity contribution in [1.29, 1.82) is 0 Å². The van der Waals surface area contributed by atoms with E-state index in [1.807, 2.05) is 43.3 Å². The Balaban J connectivity index is 1.53. The van der Waals surface area contributed by atoms with Gasteiger partial charge in [0.2, 0.25) is 5.91 Å². The number of hydrogen-bond acceptors (Lipinski definition) is 4. The maximum atomic E-state index is 13.3. The third-order valence-electron chi connectivity index (χ3n) is 5.49. The smallest absolute Gasteiger partial charge is 0.231 e. The molecule has 1 fully saturated rings. The van der Waals surface area contributed by atoms with Gasteiger partial charge in [0.1, 0.15) is 5.82 Å². The first-order valence-electron chi connectivity index (χ1n) is 9.48. The molecule has 144 valence electrons. The average Bonchev–Trinajstić information content (AvgIpc) is 3.40. The molecule has 0 spiro atoms. The van der Waals surface area contributed by atoms with Gasteiger partial charge in [0.25, 0.3) is 0 Å². The fourth-order valence-electron chi connectivity index (χ4n) is 3.90. The number of pyridine rings is 1. The molecule has 3 aromatic rings. The van der Waals surface area contributed by atoms with Crippen molar-refractivity contribution in [1.82, 2.24) is 25.5 Å². The van der Waals surface area contributed by atoms with Gasteiger partial charge in [0, 0.05) is 23.0 Å². The van der Waals surface area contributed by atoms with Crippen molar-refractivity contribution in [2.24, 2.45) is 0 Å². The number of aromatic amines is 1. The van der Waals surface area contributed by atoms with Crippen LogP contribution in [0.3, 0.4) is 0 Å². The zero-order chi connectivity index (χ0) is 19.6. The Morgan fingerprint density at radius 1 is 1.14 bits per heavy atom. The standard InChI is InChI=1S/C21H22ClN5O/c1-14(18-25-19(27-26-18)15-8-12-23-13-9-15)24-20(28)21(10-2-3-11-21)16-4-6-17(22)7-5-16/h4-9,12-14H,2-3,10-11H2,1H3,(H,24,28)(H,25,26,27)/t14-/m1/s1. The minimum absolute atomic E-state index is 0.0293. The summed E-state index contributed by atoms with van der Waals surface area (Å²) in [6.07, 6.45) is 7.16. The Hall–Kier alpha value is -2.73. The Bertz CT molecular complexity index is 948. The van der Waals surface area contributed by atoms with E-state index in [4.69, 9.17) is 11.6 Å². The third-order valence-corrected chi connectivity index (χ3v) is 5.74. The van der Waals surface area contributed by atoms with Gasteiger partial charge < -0.3 is 5.32 Å². The quantitative estimate of drug-likeness (QED) is 0.677. The highest BCUT2D eigenvalue weighted by Gasteiger charge is 2.43. The fourth-order valence-corrected chi connectivity index (χ4v) is 4.02. The highest BCUT2D eigenvalue weighted by atomic mass is 35.5. The normalized spacial score (nSPS) is 16.6. The van der Waals surface area contributed by atoms with Crippen molar-refractivity contribution in [3.05, 3.63) is 65.2 Å². The second-order valence-electron chi connectivity index (χ2n) is 7.27. The fraction of sp³-hybridized carbons (Fsp3) is 0.333. The largest absolute Gasteiger partial charge is 0.346 e. The molecule has 0 unspecified atom stereocenters. The minimum Gasteiger partial charge on any atom is -0.346 e. The van der Waals surface area contributed by atoms with Crippen LogP contribution in [0.2, 0.25) is 5.02 Å². The molecule has 4 rings (SSSR count). The summed E-state index contributed by atoms with van der Waals surface area (Å²) in [5.74, 6) is 1.25. The van der Waals surface area contributed by atoms with E-state index >= 15 is 0 Å². The van der Waals surface area contributed by atoms with Crippen LogP contribution in [-0.4, -0.2) is 26.1 Å². The molecule has 7 heteroatoms. The second-order valence-corrected chi connectivity index (χ2v) is 7.71. The lowest BCUT2D eigenvalue weighted by Gasteiger charge is -2.29. The van der Waals surface area contributed by atoms with Crippen LogP contribution in [0, 0.1) is 0 Å². The predicted octanol–water partition coefficient (Wildman–Crippen LogP) is 4.21. The van der Waals surface area contributed by atoms with E-state index in [1.54, 1.807) is 12.4 Å². The van der Waals surface area contributed by atoms with Gasteiger partial charge in [-0.05, 0) is 49.6 Å². The Kier molecular flexibility index (Phi) is 5.13. The molecule has 1 aromatic carbocycles. The van der Waals surface area contributed by atoms with Gasteiger partial charge in [0.15, 0.2) is 5.82 Å². The van der Waals surface area contributed by atoms with E-state index in [2.05, 4.69) is 25.5 Å². The van der Waals surface area contributed by atoms with E-state index in [9.17, 15) is 4.79 Å². The molecule has 0 radical (unpaired) electrons. The third kappa shape index (κ3) is 3.52. The highest BCUT2D eigenvalue weighted by Crippen LogP contribution is 2.42. The number of H-pyrrole nitrogens is 1. The molecule has 1 atom stereocenters. The molecule has 28 heavy (non-hydrogen) atoms. The number of amides is 1. The summed E-state index contributed by atoms with van der Waals surface area (Å²) < 4.78 is 0. The van der Waals surface area contributed by atoms with Crippen LogP contribution in [0.4, 0.5) is 0 Å². The number of nitrogens with zero attached hydrogens (tertiary/aromatic N) is 3. The summed E-state index contributed by atoms with van der Waals surface area (Å²) in [6, 6.07) is 11.1. The number of carbonyl (C=O) groups excluding carboxylic acids is 1. The van der Waals surface area contributed by atoms with Gasteiger partial charge in [0.05, 0.1) is 11.5 Å². The maximum absolute atomic E-state index is 13.3. The SMILES string of the molecule is C[C@@H](NC(=O)C1(c2ccc(Cl)cc2)CCCC1)c1nc(-c2ccncc2)n[nH]1. The van der Waals surface area contributed by atoms with Crippen LogP contribution >= 0.6 is 11.6 Å². The van der Waals surface area contributed by atoms with Gasteiger partial charge in [-0.15, -0.1) is 0 Å². The van der Waals surface area contributed by atoms with Gasteiger partial charge in [-0.3, -0.25) is 14.9 Å². The number of hydrogen-bond donors (Lipinski definition) is 2. The first-order valence-corrected chi connectivity index (χ1v) is 9.86. The van der Waals surface area contributed by atoms with E-state index in [1.165, 1.54) is 0 Å². The Labute approximate surface area is 168 Å². The van der Waals surface area contributed by atoms with Crippen LogP contribution in [0.25, 0.3) is 11.4 Å². The molecule has 1 aliphatic carbocycles. The molecule has 1 aliphatic rings. The molecule has 6 nitrogen and oxygen atoms in total. The lowest BCUT2D eigenvalue weighted by atomic mass is 9.78. The summed E-state index contributed by atoms with van der Waals surface area (Å²) >= 11 is 6.04. The van der Waals surface area contributed by atoms with Crippen LogP contribution in [-0.2, 0) is 10.2 Å². The first kappa shape index (κ1) is 18.6. The van der Waals surface area contributed by atoms with Crippen molar-refractivity contribution in [3.63, 3.8) is 0 Å². The van der Waals surface area contributed by atoms with Crippen LogP contribution < -0.4 is 5.32 Å². The van der Waals surface area contributed by atoms with Crippen LogP contribution in [0.5, 0.6) is 0 Å². The first-order chi connectivity index (χ1) is 13.6. The Morgan fingerprint density at radius 3 is 2.50 bits per heavy atom. The van der Waals surface area contributed by atoms with Crippen molar-refractivity contribution >= 4 is 17.5 Å². The van der Waals surface area contributed by atoms with Gasteiger partial charge >= 0.3 is 0 Å². The summed E-state index contributed by atoms with van der Waals surface area (Å²) in [4.78, 5) is 21.8. The molecule has 0 bridgehead atoms. The number of carbonyl (C=O) groups is 1. The van der Waals surface area contributed by atoms with E-state index < -0.39 is 5.41 Å². The average molecular weight is 396 g/mol. The zero-order valence-corrected chi connectivity index (χ0v) is 16.4. The molecule has 2 heterocycles. The summed E-state index contributed by atoms with van der Waals surface area (Å²) in [7, 11) is 0. The number of nitrogens with one attached hydrogen (secondary N) is 2. The van der Waals surface area contributed by atoms with Crippen LogP contribution in [0.1, 0.15) is 50.0 Å². The minimum atomic E-state index is -0.507. The lowest BCUT2D eigenvalue weighted by molar-refractivity contribution is -0.127. The monoisotopic (exact) mass is 395 g/mol. The molecule has 1 amide bonds. The van der Waals surface area contributed by atoms with Crippen molar-refractivity contribution in [2.75, 3.05) is 0 Å². The van der Waals surface area contributed by atoms with Crippen LogP contribution in [0.15, 0.2) is 48.8 Å².